The van der Waals surface area contributed by atoms with E-state index in [2.05, 4.69) is 0 Å². The van der Waals surface area contributed by atoms with Gasteiger partial charge in [-0.1, -0.05) is 48.5 Å². The molecule has 0 amide bonds. The topological polar surface area (TPSA) is 72.5 Å². The molecule has 5 rings (SSSR count). The van der Waals surface area contributed by atoms with E-state index in [1.54, 1.807) is 18.9 Å². The van der Waals surface area contributed by atoms with Crippen LogP contribution in [0.4, 0.5) is 0 Å². The number of carbonyl (C=O) groups excluding carboxylic acids is 1. The number of benzene rings is 2. The average Bonchev–Trinajstić information content (AvgIpc) is 3.34. The van der Waals surface area contributed by atoms with Crippen molar-refractivity contribution >= 4 is 17.7 Å². The average molecular weight is 515 g/mol. The molecule has 0 N–H and O–H groups in total. The van der Waals surface area contributed by atoms with Crippen molar-refractivity contribution in [1.82, 2.24) is 0 Å². The van der Waals surface area contributed by atoms with Crippen LogP contribution in [0, 0.1) is 0 Å². The second kappa shape index (κ2) is 10.1. The van der Waals surface area contributed by atoms with E-state index in [1.165, 1.54) is 0 Å². The molecule has 7 nitrogen and oxygen atoms in total. The highest BCUT2D eigenvalue weighted by molar-refractivity contribution is 7.99. The third-order valence-electron chi connectivity index (χ3n) is 6.71. The lowest BCUT2D eigenvalue weighted by Crippen LogP contribution is -2.63. The van der Waals surface area contributed by atoms with E-state index in [1.807, 2.05) is 88.4 Å². The number of ether oxygens (including phenoxy) is 6. The van der Waals surface area contributed by atoms with Crippen molar-refractivity contribution in [2.24, 2.45) is 0 Å². The maximum atomic E-state index is 13.5. The summed E-state index contributed by atoms with van der Waals surface area (Å²) in [5, 5.41) is -0.114. The Bertz CT molecular complexity index is 1040. The van der Waals surface area contributed by atoms with Gasteiger partial charge in [0.25, 0.3) is 0 Å². The monoisotopic (exact) mass is 514 g/mol. The minimum atomic E-state index is -0.848. The van der Waals surface area contributed by atoms with Crippen molar-refractivity contribution < 1.29 is 33.2 Å². The zero-order chi connectivity index (χ0) is 25.5. The van der Waals surface area contributed by atoms with Gasteiger partial charge in [0, 0.05) is 17.3 Å². The van der Waals surface area contributed by atoms with Gasteiger partial charge in [-0.25, -0.2) is 0 Å². The summed E-state index contributed by atoms with van der Waals surface area (Å²) in [5.74, 6) is -1.99. The van der Waals surface area contributed by atoms with E-state index in [4.69, 9.17) is 28.4 Å². The van der Waals surface area contributed by atoms with Crippen LogP contribution in [-0.4, -0.2) is 61.3 Å². The SMILES string of the molecule is CO[C@H]1[C@H](OC(=O)CC(Sc2ccccc2)c2ccccc2)[C@H]2OC(C)(C)O[C@H]2[C@@H]2OC(C)(C)O[C@H]12. The first kappa shape index (κ1) is 25.7. The molecule has 3 aliphatic rings. The van der Waals surface area contributed by atoms with Gasteiger partial charge in [-0.2, -0.15) is 0 Å². The Morgan fingerprint density at radius 3 is 1.86 bits per heavy atom. The molecule has 0 bridgehead atoms. The molecule has 2 aromatic carbocycles. The maximum Gasteiger partial charge on any atom is 0.307 e. The lowest BCUT2D eigenvalue weighted by atomic mass is 9.84. The molecule has 2 heterocycles. The van der Waals surface area contributed by atoms with Gasteiger partial charge in [-0.3, -0.25) is 4.79 Å². The van der Waals surface area contributed by atoms with E-state index in [0.29, 0.717) is 0 Å². The van der Waals surface area contributed by atoms with Crippen LogP contribution in [0.5, 0.6) is 0 Å². The van der Waals surface area contributed by atoms with Gasteiger partial charge in [-0.15, -0.1) is 11.8 Å². The summed E-state index contributed by atoms with van der Waals surface area (Å²) in [6.07, 6.45) is -2.90. The molecule has 2 aromatic rings. The fourth-order valence-electron chi connectivity index (χ4n) is 5.34. The number of fused-ring (bicyclic) bond motifs is 3. The van der Waals surface area contributed by atoms with Crippen molar-refractivity contribution in [1.29, 1.82) is 0 Å². The Balaban J connectivity index is 1.37. The van der Waals surface area contributed by atoms with Crippen LogP contribution < -0.4 is 0 Å². The summed E-state index contributed by atoms with van der Waals surface area (Å²) in [7, 11) is 1.59. The van der Waals surface area contributed by atoms with E-state index in [9.17, 15) is 4.79 Å². The predicted octanol–water partition coefficient (Wildman–Crippen LogP) is 4.89. The zero-order valence-corrected chi connectivity index (χ0v) is 22.1. The standard InChI is InChI=1S/C28H34O7S/c1-27(2)32-23-21(30-5)22(24-26(25(23)34-27)35-28(3,4)33-24)31-20(29)16-19(17-12-8-6-9-13-17)36-18-14-10-7-11-15-18/h6-15,19,21-26H,16H2,1-5H3/t19?,21-,22-,23+,24+,25+,26+/m0/s1. The normalized spacial score (nSPS) is 32.9. The van der Waals surface area contributed by atoms with Gasteiger partial charge in [0.05, 0.1) is 6.42 Å². The number of hydrogen-bond donors (Lipinski definition) is 0. The van der Waals surface area contributed by atoms with Gasteiger partial charge >= 0.3 is 5.97 Å². The van der Waals surface area contributed by atoms with E-state index in [0.717, 1.165) is 10.5 Å². The Morgan fingerprint density at radius 1 is 0.806 bits per heavy atom. The zero-order valence-electron chi connectivity index (χ0n) is 21.3. The Hall–Kier alpha value is -1.94. The number of methoxy groups -OCH3 is 1. The van der Waals surface area contributed by atoms with E-state index < -0.39 is 48.2 Å². The summed E-state index contributed by atoms with van der Waals surface area (Å²) in [6, 6.07) is 20.1. The Labute approximate surface area is 216 Å². The third-order valence-corrected chi connectivity index (χ3v) is 7.97. The van der Waals surface area contributed by atoms with Crippen LogP contribution >= 0.6 is 11.8 Å². The Kier molecular flexibility index (Phi) is 7.20. The summed E-state index contributed by atoms with van der Waals surface area (Å²) in [6.45, 7) is 7.42. The lowest BCUT2D eigenvalue weighted by Gasteiger charge is -2.41. The minimum absolute atomic E-state index is 0.114. The first-order valence-corrected chi connectivity index (χ1v) is 13.2. The number of rotatable bonds is 7. The fourth-order valence-corrected chi connectivity index (χ4v) is 6.49. The van der Waals surface area contributed by atoms with Crippen LogP contribution in [0.1, 0.15) is 44.9 Å². The highest BCUT2D eigenvalue weighted by Gasteiger charge is 2.65. The van der Waals surface area contributed by atoms with Crippen molar-refractivity contribution in [3.05, 3.63) is 66.2 Å². The fraction of sp³-hybridized carbons (Fsp3) is 0.536. The first-order valence-electron chi connectivity index (χ1n) is 12.4. The van der Waals surface area contributed by atoms with Gasteiger partial charge < -0.3 is 28.4 Å². The third kappa shape index (κ3) is 5.35. The van der Waals surface area contributed by atoms with Crippen molar-refractivity contribution in [2.45, 2.75) is 92.5 Å². The highest BCUT2D eigenvalue weighted by Crippen LogP contribution is 2.47. The molecule has 8 heteroatoms. The van der Waals surface area contributed by atoms with Crippen LogP contribution in [0.25, 0.3) is 0 Å². The lowest BCUT2D eigenvalue weighted by molar-refractivity contribution is -0.204. The summed E-state index contributed by atoms with van der Waals surface area (Å²) in [4.78, 5) is 14.5. The summed E-state index contributed by atoms with van der Waals surface area (Å²) < 4.78 is 36.8. The smallest absolute Gasteiger partial charge is 0.307 e. The van der Waals surface area contributed by atoms with Crippen LogP contribution in [-0.2, 0) is 33.2 Å². The molecule has 1 unspecified atom stereocenters. The first-order chi connectivity index (χ1) is 17.2. The predicted molar refractivity (Wildman–Crippen MR) is 134 cm³/mol. The van der Waals surface area contributed by atoms with E-state index in [-0.39, 0.29) is 17.6 Å². The van der Waals surface area contributed by atoms with Gasteiger partial charge in [-0.05, 0) is 45.4 Å². The quantitative estimate of drug-likeness (QED) is 0.382. The van der Waals surface area contributed by atoms with Gasteiger partial charge in [0.2, 0.25) is 0 Å². The Morgan fingerprint density at radius 2 is 1.31 bits per heavy atom. The van der Waals surface area contributed by atoms with Crippen LogP contribution in [0.15, 0.2) is 65.6 Å². The molecule has 1 aliphatic carbocycles. The molecule has 2 aliphatic heterocycles. The van der Waals surface area contributed by atoms with E-state index >= 15 is 0 Å². The summed E-state index contributed by atoms with van der Waals surface area (Å²) in [5.41, 5.74) is 1.06. The van der Waals surface area contributed by atoms with Crippen molar-refractivity contribution in [3.8, 4) is 0 Å². The maximum absolute atomic E-state index is 13.5. The largest absolute Gasteiger partial charge is 0.457 e. The molecule has 1 saturated carbocycles. The van der Waals surface area contributed by atoms with Crippen LogP contribution in [0.3, 0.4) is 0 Å². The second-order valence-corrected chi connectivity index (χ2v) is 11.6. The summed E-state index contributed by atoms with van der Waals surface area (Å²) >= 11 is 1.64. The second-order valence-electron chi connectivity index (χ2n) is 10.3. The molecule has 36 heavy (non-hydrogen) atoms. The molecule has 2 saturated heterocycles. The molecule has 0 radical (unpaired) electrons. The molecule has 0 spiro atoms. The highest BCUT2D eigenvalue weighted by atomic mass is 32.2. The molecule has 3 fully saturated rings. The molecule has 0 aromatic heterocycles. The number of carbonyl (C=O) groups is 1. The van der Waals surface area contributed by atoms with Crippen molar-refractivity contribution in [2.75, 3.05) is 7.11 Å². The van der Waals surface area contributed by atoms with Gasteiger partial charge in [0.1, 0.15) is 30.5 Å². The van der Waals surface area contributed by atoms with Crippen LogP contribution in [0.2, 0.25) is 0 Å². The number of esters is 1. The molecular weight excluding hydrogens is 480 g/mol. The minimum Gasteiger partial charge on any atom is -0.457 e. The number of hydrogen-bond acceptors (Lipinski definition) is 8. The number of thioether (sulfide) groups is 1. The molecule has 7 atom stereocenters. The molecular formula is C28H34O7S. The van der Waals surface area contributed by atoms with Gasteiger partial charge in [0.15, 0.2) is 17.7 Å². The molecule has 194 valence electrons. The van der Waals surface area contributed by atoms with Crippen molar-refractivity contribution in [3.63, 3.8) is 0 Å².